The van der Waals surface area contributed by atoms with Crippen molar-refractivity contribution in [3.63, 3.8) is 0 Å². The molecule has 1 amide bonds. The van der Waals surface area contributed by atoms with Crippen molar-refractivity contribution in [3.8, 4) is 0 Å². The molecule has 1 rings (SSSR count). The number of halogens is 1. The number of nitrogens with one attached hydrogen (secondary N) is 1. The van der Waals surface area contributed by atoms with E-state index in [2.05, 4.69) is 10.3 Å². The predicted molar refractivity (Wildman–Crippen MR) is 75.7 cm³/mol. The number of aromatic nitrogens is 1. The molecule has 0 aliphatic rings. The summed E-state index contributed by atoms with van der Waals surface area (Å²) in [5.74, 6) is -0.0755. The summed E-state index contributed by atoms with van der Waals surface area (Å²) in [5.41, 5.74) is 6.33. The summed E-state index contributed by atoms with van der Waals surface area (Å²) in [7, 11) is 0. The van der Waals surface area contributed by atoms with Crippen LogP contribution in [-0.2, 0) is 11.2 Å². The monoisotopic (exact) mass is 271 g/mol. The molecule has 0 saturated heterocycles. The van der Waals surface area contributed by atoms with Gasteiger partial charge in [-0.3, -0.25) is 9.78 Å². The molecule has 0 fully saturated rings. The maximum atomic E-state index is 11.8. The first-order chi connectivity index (χ1) is 8.06. The van der Waals surface area contributed by atoms with E-state index in [4.69, 9.17) is 5.73 Å². The Morgan fingerprint density at radius 1 is 1.44 bits per heavy atom. The second-order valence-corrected chi connectivity index (χ2v) is 4.53. The molecule has 0 aliphatic heterocycles. The molecular weight excluding hydrogens is 250 g/mol. The fraction of sp³-hybridized carbons (Fsp3) is 0.538. The van der Waals surface area contributed by atoms with Crippen LogP contribution in [0.3, 0.4) is 0 Å². The number of pyridine rings is 1. The molecule has 0 saturated carbocycles. The van der Waals surface area contributed by atoms with Crippen LogP contribution < -0.4 is 11.1 Å². The van der Waals surface area contributed by atoms with Gasteiger partial charge in [0.2, 0.25) is 5.91 Å². The minimum Gasteiger partial charge on any atom is -0.354 e. The van der Waals surface area contributed by atoms with Gasteiger partial charge in [0.05, 0.1) is 5.54 Å². The van der Waals surface area contributed by atoms with Gasteiger partial charge in [0.25, 0.3) is 0 Å². The summed E-state index contributed by atoms with van der Waals surface area (Å²) >= 11 is 0. The topological polar surface area (TPSA) is 68.0 Å². The van der Waals surface area contributed by atoms with Gasteiger partial charge in [-0.25, -0.2) is 0 Å². The summed E-state index contributed by atoms with van der Waals surface area (Å²) in [5, 5.41) is 2.87. The summed E-state index contributed by atoms with van der Waals surface area (Å²) < 4.78 is 0. The molecule has 5 heteroatoms. The molecular formula is C13H22ClN3O. The second kappa shape index (κ2) is 8.06. The number of hydrogen-bond donors (Lipinski definition) is 2. The zero-order chi connectivity index (χ0) is 12.7. The quantitative estimate of drug-likeness (QED) is 0.827. The van der Waals surface area contributed by atoms with Crippen molar-refractivity contribution in [2.24, 2.45) is 5.73 Å². The second-order valence-electron chi connectivity index (χ2n) is 4.53. The Bertz CT molecular complexity index is 355. The van der Waals surface area contributed by atoms with Gasteiger partial charge >= 0.3 is 0 Å². The van der Waals surface area contributed by atoms with Crippen LogP contribution in [0, 0.1) is 0 Å². The smallest absolute Gasteiger partial charge is 0.239 e. The Balaban J connectivity index is 0.00000289. The minimum absolute atomic E-state index is 0. The highest BCUT2D eigenvalue weighted by molar-refractivity contribution is 5.85. The molecule has 18 heavy (non-hydrogen) atoms. The van der Waals surface area contributed by atoms with E-state index in [0.29, 0.717) is 13.0 Å². The molecule has 0 bridgehead atoms. The molecule has 1 aromatic heterocycles. The average Bonchev–Trinajstić information content (AvgIpc) is 2.30. The molecule has 1 unspecified atom stereocenters. The third-order valence-electron chi connectivity index (χ3n) is 2.74. The van der Waals surface area contributed by atoms with Gasteiger partial charge in [-0.1, -0.05) is 13.3 Å². The molecule has 1 atom stereocenters. The van der Waals surface area contributed by atoms with E-state index in [9.17, 15) is 4.79 Å². The molecule has 0 aliphatic carbocycles. The molecule has 0 aromatic carbocycles. The lowest BCUT2D eigenvalue weighted by Gasteiger charge is -2.22. The minimum atomic E-state index is -0.757. The lowest BCUT2D eigenvalue weighted by molar-refractivity contribution is -0.126. The van der Waals surface area contributed by atoms with E-state index in [1.165, 1.54) is 0 Å². The lowest BCUT2D eigenvalue weighted by atomic mass is 9.96. The van der Waals surface area contributed by atoms with Crippen LogP contribution in [0.15, 0.2) is 24.5 Å². The first kappa shape index (κ1) is 16.9. The van der Waals surface area contributed by atoms with Crippen molar-refractivity contribution >= 4 is 18.3 Å². The molecule has 102 valence electrons. The van der Waals surface area contributed by atoms with E-state index in [1.54, 1.807) is 19.3 Å². The Kier molecular flexibility index (Phi) is 7.55. The summed E-state index contributed by atoms with van der Waals surface area (Å²) in [6.45, 7) is 4.41. The van der Waals surface area contributed by atoms with Gasteiger partial charge in [0.15, 0.2) is 0 Å². The normalized spacial score (nSPS) is 13.3. The zero-order valence-corrected chi connectivity index (χ0v) is 11.8. The van der Waals surface area contributed by atoms with Crippen LogP contribution in [0.1, 0.15) is 32.3 Å². The van der Waals surface area contributed by atoms with Crippen molar-refractivity contribution < 1.29 is 4.79 Å². The highest BCUT2D eigenvalue weighted by Crippen LogP contribution is 2.08. The van der Waals surface area contributed by atoms with Crippen molar-refractivity contribution in [2.75, 3.05) is 6.54 Å². The zero-order valence-electron chi connectivity index (χ0n) is 11.0. The maximum absolute atomic E-state index is 11.8. The highest BCUT2D eigenvalue weighted by Gasteiger charge is 2.26. The molecule has 1 heterocycles. The summed E-state index contributed by atoms with van der Waals surface area (Å²) in [6, 6.07) is 3.89. The third kappa shape index (κ3) is 5.47. The van der Waals surface area contributed by atoms with Crippen LogP contribution in [0.25, 0.3) is 0 Å². The predicted octanol–water partition coefficient (Wildman–Crippen LogP) is 1.68. The van der Waals surface area contributed by atoms with Gasteiger partial charge in [0, 0.05) is 18.9 Å². The maximum Gasteiger partial charge on any atom is 0.239 e. The number of rotatable bonds is 6. The number of nitrogens with two attached hydrogens (primary N) is 1. The van der Waals surface area contributed by atoms with Gasteiger partial charge in [-0.2, -0.15) is 0 Å². The van der Waals surface area contributed by atoms with Crippen molar-refractivity contribution in [3.05, 3.63) is 30.1 Å². The van der Waals surface area contributed by atoms with E-state index < -0.39 is 5.54 Å². The van der Waals surface area contributed by atoms with E-state index >= 15 is 0 Å². The summed E-state index contributed by atoms with van der Waals surface area (Å²) in [4.78, 5) is 15.7. The molecule has 0 radical (unpaired) electrons. The van der Waals surface area contributed by atoms with Crippen LogP contribution in [0.4, 0.5) is 0 Å². The molecule has 4 nitrogen and oxygen atoms in total. The number of hydrogen-bond acceptors (Lipinski definition) is 3. The van der Waals surface area contributed by atoms with E-state index in [-0.39, 0.29) is 18.3 Å². The van der Waals surface area contributed by atoms with Crippen molar-refractivity contribution in [1.82, 2.24) is 10.3 Å². The van der Waals surface area contributed by atoms with Crippen LogP contribution in [0.5, 0.6) is 0 Å². The van der Waals surface area contributed by atoms with Gasteiger partial charge in [0.1, 0.15) is 0 Å². The Hall–Kier alpha value is -1.13. The Labute approximate surface area is 115 Å². The summed E-state index contributed by atoms with van der Waals surface area (Å²) in [6.07, 6.45) is 5.91. The van der Waals surface area contributed by atoms with Crippen LogP contribution in [0.2, 0.25) is 0 Å². The standard InChI is InChI=1S/C13H21N3O.ClH/c1-3-7-13(2,14)12(17)16-10-6-11-4-8-15-9-5-11;/h4-5,8-9H,3,6-7,10,14H2,1-2H3,(H,16,17);1H. The van der Waals surface area contributed by atoms with Crippen molar-refractivity contribution in [1.29, 1.82) is 0 Å². The molecule has 3 N–H and O–H groups in total. The number of amides is 1. The van der Waals surface area contributed by atoms with Gasteiger partial charge in [-0.05, 0) is 37.5 Å². The molecule has 0 spiro atoms. The Morgan fingerprint density at radius 3 is 2.61 bits per heavy atom. The highest BCUT2D eigenvalue weighted by atomic mass is 35.5. The van der Waals surface area contributed by atoms with Crippen molar-refractivity contribution in [2.45, 2.75) is 38.6 Å². The SMILES string of the molecule is CCCC(C)(N)C(=O)NCCc1ccncc1.Cl. The fourth-order valence-corrected chi connectivity index (χ4v) is 1.70. The fourth-order valence-electron chi connectivity index (χ4n) is 1.70. The van der Waals surface area contributed by atoms with E-state index in [1.807, 2.05) is 19.1 Å². The number of carbonyl (C=O) groups is 1. The van der Waals surface area contributed by atoms with Crippen LogP contribution in [-0.4, -0.2) is 23.0 Å². The number of carbonyl (C=O) groups excluding carboxylic acids is 1. The number of nitrogens with zero attached hydrogens (tertiary/aromatic N) is 1. The van der Waals surface area contributed by atoms with Gasteiger partial charge in [-0.15, -0.1) is 12.4 Å². The lowest BCUT2D eigenvalue weighted by Crippen LogP contribution is -2.51. The third-order valence-corrected chi connectivity index (χ3v) is 2.74. The first-order valence-corrected chi connectivity index (χ1v) is 6.02. The largest absolute Gasteiger partial charge is 0.354 e. The average molecular weight is 272 g/mol. The van der Waals surface area contributed by atoms with E-state index in [0.717, 1.165) is 18.4 Å². The Morgan fingerprint density at radius 2 is 2.06 bits per heavy atom. The van der Waals surface area contributed by atoms with Crippen LogP contribution >= 0.6 is 12.4 Å². The van der Waals surface area contributed by atoms with Gasteiger partial charge < -0.3 is 11.1 Å². The first-order valence-electron chi connectivity index (χ1n) is 6.02. The molecule has 1 aromatic rings.